The summed E-state index contributed by atoms with van der Waals surface area (Å²) in [5.74, 6) is -0.183. The number of aromatic nitrogens is 2. The van der Waals surface area contributed by atoms with Crippen LogP contribution in [0.3, 0.4) is 0 Å². The SMILES string of the molecule is Cn1cc(CCC(=O)Cc2cccc(F)c2)cn1. The predicted molar refractivity (Wildman–Crippen MR) is 66.6 cm³/mol. The number of nitrogens with zero attached hydrogens (tertiary/aromatic N) is 2. The number of carbonyl (C=O) groups is 1. The minimum absolute atomic E-state index is 0.115. The van der Waals surface area contributed by atoms with Gasteiger partial charge in [-0.05, 0) is 29.7 Å². The molecule has 1 heterocycles. The lowest BCUT2D eigenvalue weighted by atomic mass is 10.0. The molecule has 4 heteroatoms. The first-order valence-electron chi connectivity index (χ1n) is 5.87. The molecule has 1 aromatic heterocycles. The predicted octanol–water partition coefficient (Wildman–Crippen LogP) is 2.30. The summed E-state index contributed by atoms with van der Waals surface area (Å²) in [5, 5.41) is 4.05. The second kappa shape index (κ2) is 5.58. The molecule has 3 nitrogen and oxygen atoms in total. The van der Waals surface area contributed by atoms with Gasteiger partial charge in [-0.15, -0.1) is 0 Å². The summed E-state index contributed by atoms with van der Waals surface area (Å²) in [6.45, 7) is 0. The van der Waals surface area contributed by atoms with Crippen LogP contribution in [0.5, 0.6) is 0 Å². The molecular weight excluding hydrogens is 231 g/mol. The first kappa shape index (κ1) is 12.5. The van der Waals surface area contributed by atoms with Crippen LogP contribution in [0.25, 0.3) is 0 Å². The summed E-state index contributed by atoms with van der Waals surface area (Å²) >= 11 is 0. The maximum absolute atomic E-state index is 12.9. The fourth-order valence-electron chi connectivity index (χ4n) is 1.85. The maximum atomic E-state index is 12.9. The molecule has 0 amide bonds. The third kappa shape index (κ3) is 3.52. The topological polar surface area (TPSA) is 34.9 Å². The van der Waals surface area contributed by atoms with E-state index in [0.717, 1.165) is 11.1 Å². The summed E-state index contributed by atoms with van der Waals surface area (Å²) < 4.78 is 14.7. The van der Waals surface area contributed by atoms with Gasteiger partial charge in [0.25, 0.3) is 0 Å². The fraction of sp³-hybridized carbons (Fsp3) is 0.286. The van der Waals surface area contributed by atoms with Gasteiger partial charge in [0.15, 0.2) is 0 Å². The Kier molecular flexibility index (Phi) is 3.87. The van der Waals surface area contributed by atoms with Gasteiger partial charge in [-0.25, -0.2) is 4.39 Å². The lowest BCUT2D eigenvalue weighted by molar-refractivity contribution is -0.118. The number of hydrogen-bond donors (Lipinski definition) is 0. The number of rotatable bonds is 5. The van der Waals surface area contributed by atoms with Crippen LogP contribution < -0.4 is 0 Å². The summed E-state index contributed by atoms with van der Waals surface area (Å²) in [7, 11) is 1.85. The highest BCUT2D eigenvalue weighted by Crippen LogP contribution is 2.08. The van der Waals surface area contributed by atoms with Crippen molar-refractivity contribution in [2.24, 2.45) is 7.05 Å². The second-order valence-electron chi connectivity index (χ2n) is 4.37. The van der Waals surface area contributed by atoms with Gasteiger partial charge in [0.05, 0.1) is 6.20 Å². The molecule has 0 aliphatic rings. The number of Topliss-reactive ketones (excluding diaryl/α,β-unsaturated/α-hetero) is 1. The van der Waals surface area contributed by atoms with Crippen molar-refractivity contribution < 1.29 is 9.18 Å². The molecule has 0 unspecified atom stereocenters. The van der Waals surface area contributed by atoms with Crippen LogP contribution in [0.2, 0.25) is 0 Å². The zero-order chi connectivity index (χ0) is 13.0. The van der Waals surface area contributed by atoms with E-state index in [9.17, 15) is 9.18 Å². The van der Waals surface area contributed by atoms with Crippen LogP contribution in [0.4, 0.5) is 4.39 Å². The third-order valence-corrected chi connectivity index (χ3v) is 2.74. The van der Waals surface area contributed by atoms with Crippen LogP contribution >= 0.6 is 0 Å². The second-order valence-corrected chi connectivity index (χ2v) is 4.37. The highest BCUT2D eigenvalue weighted by molar-refractivity contribution is 5.81. The van der Waals surface area contributed by atoms with Crippen LogP contribution in [-0.2, 0) is 24.7 Å². The molecule has 0 atom stereocenters. The molecular formula is C14H15FN2O. The van der Waals surface area contributed by atoms with E-state index in [0.29, 0.717) is 12.8 Å². The molecule has 0 fully saturated rings. The van der Waals surface area contributed by atoms with Crippen LogP contribution in [-0.4, -0.2) is 15.6 Å². The van der Waals surface area contributed by atoms with Gasteiger partial charge < -0.3 is 0 Å². The smallest absolute Gasteiger partial charge is 0.137 e. The average molecular weight is 246 g/mol. The van der Waals surface area contributed by atoms with Crippen molar-refractivity contribution in [2.45, 2.75) is 19.3 Å². The van der Waals surface area contributed by atoms with Gasteiger partial charge >= 0.3 is 0 Å². The molecule has 0 aliphatic carbocycles. The Balaban J connectivity index is 1.85. The summed E-state index contributed by atoms with van der Waals surface area (Å²) in [4.78, 5) is 11.8. The normalized spacial score (nSPS) is 10.6. The number of benzene rings is 1. The minimum atomic E-state index is -0.299. The summed E-state index contributed by atoms with van der Waals surface area (Å²) in [6, 6.07) is 6.18. The van der Waals surface area contributed by atoms with Crippen molar-refractivity contribution in [1.82, 2.24) is 9.78 Å². The minimum Gasteiger partial charge on any atom is -0.299 e. The molecule has 0 radical (unpaired) electrons. The average Bonchev–Trinajstić information content (AvgIpc) is 2.73. The van der Waals surface area contributed by atoms with Crippen molar-refractivity contribution >= 4 is 5.78 Å². The van der Waals surface area contributed by atoms with E-state index in [1.54, 1.807) is 23.0 Å². The van der Waals surface area contributed by atoms with Gasteiger partial charge in [0, 0.05) is 26.1 Å². The molecule has 0 bridgehead atoms. The Morgan fingerprint density at radius 1 is 1.39 bits per heavy atom. The van der Waals surface area contributed by atoms with Gasteiger partial charge in [0.2, 0.25) is 0 Å². The van der Waals surface area contributed by atoms with Crippen molar-refractivity contribution in [1.29, 1.82) is 0 Å². The standard InChI is InChI=1S/C14H15FN2O/c1-17-10-12(9-16-17)5-6-14(18)8-11-3-2-4-13(15)7-11/h2-4,7,9-10H,5-6,8H2,1H3. The molecule has 2 aromatic rings. The Bertz CT molecular complexity index is 548. The highest BCUT2D eigenvalue weighted by Gasteiger charge is 2.06. The fourth-order valence-corrected chi connectivity index (χ4v) is 1.85. The highest BCUT2D eigenvalue weighted by atomic mass is 19.1. The molecule has 94 valence electrons. The van der Waals surface area contributed by atoms with Crippen molar-refractivity contribution in [3.05, 3.63) is 53.6 Å². The number of hydrogen-bond acceptors (Lipinski definition) is 2. The van der Waals surface area contributed by atoms with Crippen LogP contribution in [0, 0.1) is 5.82 Å². The molecule has 0 spiro atoms. The Morgan fingerprint density at radius 2 is 2.22 bits per heavy atom. The molecule has 0 saturated heterocycles. The molecule has 1 aromatic carbocycles. The van der Waals surface area contributed by atoms with Crippen molar-refractivity contribution in [3.8, 4) is 0 Å². The zero-order valence-corrected chi connectivity index (χ0v) is 10.3. The lowest BCUT2D eigenvalue weighted by Crippen LogP contribution is -2.04. The Morgan fingerprint density at radius 3 is 2.89 bits per heavy atom. The third-order valence-electron chi connectivity index (χ3n) is 2.74. The first-order valence-corrected chi connectivity index (χ1v) is 5.87. The molecule has 0 saturated carbocycles. The van der Waals surface area contributed by atoms with E-state index >= 15 is 0 Å². The first-order chi connectivity index (χ1) is 8.63. The van der Waals surface area contributed by atoms with E-state index in [4.69, 9.17) is 0 Å². The quantitative estimate of drug-likeness (QED) is 0.811. The van der Waals surface area contributed by atoms with E-state index < -0.39 is 0 Å². The van der Waals surface area contributed by atoms with Crippen molar-refractivity contribution in [2.75, 3.05) is 0 Å². The monoisotopic (exact) mass is 246 g/mol. The van der Waals surface area contributed by atoms with Gasteiger partial charge in [-0.3, -0.25) is 9.48 Å². The van der Waals surface area contributed by atoms with E-state index in [-0.39, 0.29) is 18.0 Å². The zero-order valence-electron chi connectivity index (χ0n) is 10.3. The van der Waals surface area contributed by atoms with Crippen molar-refractivity contribution in [3.63, 3.8) is 0 Å². The Hall–Kier alpha value is -1.97. The molecule has 2 rings (SSSR count). The Labute approximate surface area is 105 Å². The molecule has 0 aliphatic heterocycles. The van der Waals surface area contributed by atoms with Gasteiger partial charge in [-0.2, -0.15) is 5.10 Å². The summed E-state index contributed by atoms with van der Waals surface area (Å²) in [5.41, 5.74) is 1.77. The number of ketones is 1. The molecule has 0 N–H and O–H groups in total. The van der Waals surface area contributed by atoms with E-state index in [1.165, 1.54) is 12.1 Å². The van der Waals surface area contributed by atoms with Crippen LogP contribution in [0.1, 0.15) is 17.5 Å². The molecule has 18 heavy (non-hydrogen) atoms. The van der Waals surface area contributed by atoms with Gasteiger partial charge in [-0.1, -0.05) is 12.1 Å². The number of halogens is 1. The van der Waals surface area contributed by atoms with Crippen LogP contribution in [0.15, 0.2) is 36.7 Å². The summed E-state index contributed by atoms with van der Waals surface area (Å²) in [6.07, 6.45) is 5.09. The van der Waals surface area contributed by atoms with E-state index in [2.05, 4.69) is 5.10 Å². The number of carbonyl (C=O) groups excluding carboxylic acids is 1. The van der Waals surface area contributed by atoms with E-state index in [1.807, 2.05) is 13.2 Å². The number of aryl methyl sites for hydroxylation is 2. The maximum Gasteiger partial charge on any atom is 0.137 e. The van der Waals surface area contributed by atoms with Gasteiger partial charge in [0.1, 0.15) is 11.6 Å². The largest absolute Gasteiger partial charge is 0.299 e. The lowest BCUT2D eigenvalue weighted by Gasteiger charge is -2.00.